The molecule has 3 aromatic rings. The van der Waals surface area contributed by atoms with Crippen LogP contribution in [0.25, 0.3) is 5.65 Å². The molecule has 7 heteroatoms. The zero-order valence-electron chi connectivity index (χ0n) is 11.9. The third-order valence-electron chi connectivity index (χ3n) is 3.02. The Morgan fingerprint density at radius 2 is 2.09 bits per heavy atom. The number of imidazole rings is 1. The summed E-state index contributed by atoms with van der Waals surface area (Å²) in [4.78, 5) is 27.9. The van der Waals surface area contributed by atoms with Crippen molar-refractivity contribution in [2.75, 3.05) is 11.9 Å². The number of carbonyl (C=O) groups excluding carboxylic acids is 2. The second-order valence-corrected chi connectivity index (χ2v) is 5.64. The highest BCUT2D eigenvalue weighted by Gasteiger charge is 2.14. The number of nitrogens with one attached hydrogen (secondary N) is 1. The third-order valence-corrected chi connectivity index (χ3v) is 3.51. The van der Waals surface area contributed by atoms with Gasteiger partial charge in [0.25, 0.3) is 5.91 Å². The molecule has 0 saturated heterocycles. The molecule has 0 spiro atoms. The highest BCUT2D eigenvalue weighted by atomic mass is 79.9. The summed E-state index contributed by atoms with van der Waals surface area (Å²) in [5.74, 6) is -1.06. The van der Waals surface area contributed by atoms with Gasteiger partial charge in [-0.05, 0) is 30.3 Å². The normalized spacial score (nSPS) is 10.5. The van der Waals surface area contributed by atoms with E-state index in [1.165, 1.54) is 0 Å². The number of aromatic nitrogens is 2. The fourth-order valence-electron chi connectivity index (χ4n) is 2.00. The second kappa shape index (κ2) is 6.62. The fraction of sp³-hybridized carbons (Fsp3) is 0.0625. The second-order valence-electron chi connectivity index (χ2n) is 4.73. The molecule has 0 fully saturated rings. The first-order valence-electron chi connectivity index (χ1n) is 6.78. The summed E-state index contributed by atoms with van der Waals surface area (Å²) < 4.78 is 7.53. The molecule has 0 atom stereocenters. The highest BCUT2D eigenvalue weighted by molar-refractivity contribution is 9.10. The van der Waals surface area contributed by atoms with Crippen LogP contribution >= 0.6 is 15.9 Å². The number of hydrogen-bond acceptors (Lipinski definition) is 4. The van der Waals surface area contributed by atoms with Crippen molar-refractivity contribution < 1.29 is 14.3 Å². The number of halogens is 1. The van der Waals surface area contributed by atoms with Gasteiger partial charge in [-0.3, -0.25) is 4.79 Å². The van der Waals surface area contributed by atoms with Gasteiger partial charge in [0.2, 0.25) is 0 Å². The molecule has 1 N–H and O–H groups in total. The van der Waals surface area contributed by atoms with E-state index >= 15 is 0 Å². The van der Waals surface area contributed by atoms with Crippen LogP contribution in [0.3, 0.4) is 0 Å². The number of hydrogen-bond donors (Lipinski definition) is 1. The summed E-state index contributed by atoms with van der Waals surface area (Å²) >= 11 is 3.31. The topological polar surface area (TPSA) is 72.7 Å². The Morgan fingerprint density at radius 3 is 2.87 bits per heavy atom. The number of carbonyl (C=O) groups is 2. The highest BCUT2D eigenvalue weighted by Crippen LogP contribution is 2.15. The van der Waals surface area contributed by atoms with E-state index < -0.39 is 11.9 Å². The van der Waals surface area contributed by atoms with E-state index in [1.54, 1.807) is 41.1 Å². The average molecular weight is 374 g/mol. The number of amides is 1. The standard InChI is InChI=1S/C16H12BrN3O3/c17-11-4-3-5-12(8-11)18-15(21)10-23-16(22)13-9-20-7-2-1-6-14(20)19-13/h1-9H,10H2,(H,18,21). The minimum Gasteiger partial charge on any atom is -0.451 e. The summed E-state index contributed by atoms with van der Waals surface area (Å²) in [6, 6.07) is 12.6. The molecular weight excluding hydrogens is 362 g/mol. The van der Waals surface area contributed by atoms with Gasteiger partial charge in [0.15, 0.2) is 12.3 Å². The van der Waals surface area contributed by atoms with Crippen molar-refractivity contribution in [1.29, 1.82) is 0 Å². The van der Waals surface area contributed by atoms with Gasteiger partial charge in [0, 0.05) is 22.6 Å². The number of nitrogens with zero attached hydrogens (tertiary/aromatic N) is 2. The van der Waals surface area contributed by atoms with E-state index in [0.29, 0.717) is 11.3 Å². The van der Waals surface area contributed by atoms with E-state index in [2.05, 4.69) is 26.2 Å². The van der Waals surface area contributed by atoms with Crippen LogP contribution in [-0.4, -0.2) is 27.9 Å². The Balaban J connectivity index is 1.59. The van der Waals surface area contributed by atoms with Crippen molar-refractivity contribution in [3.8, 4) is 0 Å². The number of esters is 1. The van der Waals surface area contributed by atoms with Gasteiger partial charge in [-0.1, -0.05) is 28.1 Å². The first-order valence-corrected chi connectivity index (χ1v) is 7.57. The molecular formula is C16H12BrN3O3. The van der Waals surface area contributed by atoms with E-state index in [9.17, 15) is 9.59 Å². The van der Waals surface area contributed by atoms with Crippen LogP contribution < -0.4 is 5.32 Å². The van der Waals surface area contributed by atoms with Gasteiger partial charge in [0.05, 0.1) is 0 Å². The van der Waals surface area contributed by atoms with E-state index in [-0.39, 0.29) is 12.3 Å². The van der Waals surface area contributed by atoms with Crippen molar-refractivity contribution >= 4 is 39.1 Å². The van der Waals surface area contributed by atoms with Gasteiger partial charge in [0.1, 0.15) is 5.65 Å². The zero-order valence-corrected chi connectivity index (χ0v) is 13.5. The first-order chi connectivity index (χ1) is 11.1. The van der Waals surface area contributed by atoms with Crippen molar-refractivity contribution in [3.63, 3.8) is 0 Å². The minimum absolute atomic E-state index is 0.159. The lowest BCUT2D eigenvalue weighted by atomic mass is 10.3. The number of benzene rings is 1. The maximum absolute atomic E-state index is 11.9. The number of rotatable bonds is 4. The molecule has 0 unspecified atom stereocenters. The van der Waals surface area contributed by atoms with Crippen LogP contribution in [0.5, 0.6) is 0 Å². The van der Waals surface area contributed by atoms with Gasteiger partial charge in [-0.25, -0.2) is 9.78 Å². The van der Waals surface area contributed by atoms with Crippen molar-refractivity contribution in [1.82, 2.24) is 9.38 Å². The third kappa shape index (κ3) is 3.75. The Morgan fingerprint density at radius 1 is 1.22 bits per heavy atom. The molecule has 0 aliphatic rings. The van der Waals surface area contributed by atoms with Crippen molar-refractivity contribution in [3.05, 3.63) is 65.0 Å². The van der Waals surface area contributed by atoms with Crippen LogP contribution in [0.2, 0.25) is 0 Å². The summed E-state index contributed by atoms with van der Waals surface area (Å²) in [6.07, 6.45) is 3.34. The predicted octanol–water partition coefficient (Wildman–Crippen LogP) is 2.89. The van der Waals surface area contributed by atoms with Crippen molar-refractivity contribution in [2.24, 2.45) is 0 Å². The molecule has 0 aliphatic carbocycles. The summed E-state index contributed by atoms with van der Waals surface area (Å²) in [6.45, 7) is -0.376. The largest absolute Gasteiger partial charge is 0.451 e. The van der Waals surface area contributed by atoms with E-state index in [4.69, 9.17) is 4.74 Å². The average Bonchev–Trinajstić information content (AvgIpc) is 2.97. The van der Waals surface area contributed by atoms with Crippen LogP contribution in [0.4, 0.5) is 5.69 Å². The van der Waals surface area contributed by atoms with Gasteiger partial charge >= 0.3 is 5.97 Å². The van der Waals surface area contributed by atoms with Crippen molar-refractivity contribution in [2.45, 2.75) is 0 Å². The molecule has 0 aliphatic heterocycles. The summed E-state index contributed by atoms with van der Waals surface area (Å²) in [7, 11) is 0. The van der Waals surface area contributed by atoms with Gasteiger partial charge < -0.3 is 14.5 Å². The Labute approximate surface area is 140 Å². The number of ether oxygens (including phenoxy) is 1. The Kier molecular flexibility index (Phi) is 4.38. The molecule has 6 nitrogen and oxygen atoms in total. The SMILES string of the molecule is O=C(COC(=O)c1cn2ccccc2n1)Nc1cccc(Br)c1. The first kappa shape index (κ1) is 15.2. The number of pyridine rings is 1. The van der Waals surface area contributed by atoms with Crippen LogP contribution in [-0.2, 0) is 9.53 Å². The molecule has 3 rings (SSSR count). The maximum atomic E-state index is 11.9. The van der Waals surface area contributed by atoms with Crippen LogP contribution in [0, 0.1) is 0 Å². The molecule has 1 amide bonds. The Hall–Kier alpha value is -2.67. The summed E-state index contributed by atoms with van der Waals surface area (Å²) in [5, 5.41) is 2.64. The maximum Gasteiger partial charge on any atom is 0.359 e. The molecule has 0 radical (unpaired) electrons. The number of fused-ring (bicyclic) bond motifs is 1. The monoisotopic (exact) mass is 373 g/mol. The predicted molar refractivity (Wildman–Crippen MR) is 88.2 cm³/mol. The lowest BCUT2D eigenvalue weighted by Crippen LogP contribution is -2.21. The summed E-state index contributed by atoms with van der Waals surface area (Å²) in [5.41, 5.74) is 1.41. The Bertz CT molecular complexity index is 843. The molecule has 2 heterocycles. The molecule has 0 saturated carbocycles. The molecule has 2 aromatic heterocycles. The molecule has 116 valence electrons. The molecule has 1 aromatic carbocycles. The minimum atomic E-state index is -0.641. The lowest BCUT2D eigenvalue weighted by molar-refractivity contribution is -0.119. The molecule has 23 heavy (non-hydrogen) atoms. The lowest BCUT2D eigenvalue weighted by Gasteiger charge is -2.05. The number of anilines is 1. The quantitative estimate of drug-likeness (QED) is 0.713. The van der Waals surface area contributed by atoms with E-state index in [1.807, 2.05) is 18.2 Å². The zero-order chi connectivity index (χ0) is 16.2. The fourth-order valence-corrected chi connectivity index (χ4v) is 2.40. The smallest absolute Gasteiger partial charge is 0.359 e. The van der Waals surface area contributed by atoms with Crippen LogP contribution in [0.1, 0.15) is 10.5 Å². The van der Waals surface area contributed by atoms with E-state index in [0.717, 1.165) is 4.47 Å². The van der Waals surface area contributed by atoms with Gasteiger partial charge in [-0.15, -0.1) is 0 Å². The van der Waals surface area contributed by atoms with Gasteiger partial charge in [-0.2, -0.15) is 0 Å². The molecule has 0 bridgehead atoms. The van der Waals surface area contributed by atoms with Crippen LogP contribution in [0.15, 0.2) is 59.3 Å².